The van der Waals surface area contributed by atoms with Crippen LogP contribution in [0.3, 0.4) is 0 Å². The predicted molar refractivity (Wildman–Crippen MR) is 86.8 cm³/mol. The molecule has 2 rings (SSSR count). The monoisotopic (exact) mass is 354 g/mol. The van der Waals surface area contributed by atoms with Crippen LogP contribution in [-0.4, -0.2) is 20.3 Å². The third-order valence-electron chi connectivity index (χ3n) is 3.40. The molecule has 0 saturated carbocycles. The number of rotatable bonds is 5. The number of benzene rings is 2. The highest BCUT2D eigenvalue weighted by atomic mass is 19.4. The summed E-state index contributed by atoms with van der Waals surface area (Å²) >= 11 is 0. The van der Waals surface area contributed by atoms with E-state index in [2.05, 4.69) is 10.6 Å². The summed E-state index contributed by atoms with van der Waals surface area (Å²) in [4.78, 5) is 12.0. The summed E-state index contributed by atoms with van der Waals surface area (Å²) < 4.78 is 49.2. The van der Waals surface area contributed by atoms with Gasteiger partial charge in [-0.05, 0) is 18.2 Å². The van der Waals surface area contributed by atoms with Crippen LogP contribution in [0.4, 0.5) is 23.7 Å². The molecule has 0 aliphatic carbocycles. The van der Waals surface area contributed by atoms with Crippen molar-refractivity contribution >= 4 is 11.7 Å². The van der Waals surface area contributed by atoms with Gasteiger partial charge in [-0.3, -0.25) is 0 Å². The van der Waals surface area contributed by atoms with Crippen LogP contribution in [0.1, 0.15) is 11.1 Å². The number of carbonyl (C=O) groups is 1. The molecule has 25 heavy (non-hydrogen) atoms. The molecular weight excluding hydrogens is 337 g/mol. The number of anilines is 1. The first-order chi connectivity index (χ1) is 11.9. The molecule has 8 heteroatoms. The Balaban J connectivity index is 2.08. The van der Waals surface area contributed by atoms with E-state index in [-0.39, 0.29) is 12.2 Å². The number of ether oxygens (including phenoxy) is 2. The molecule has 0 aliphatic heterocycles. The zero-order valence-corrected chi connectivity index (χ0v) is 13.6. The molecule has 0 heterocycles. The van der Waals surface area contributed by atoms with Crippen molar-refractivity contribution in [3.05, 3.63) is 53.6 Å². The highest BCUT2D eigenvalue weighted by Gasteiger charge is 2.33. The topological polar surface area (TPSA) is 59.6 Å². The van der Waals surface area contributed by atoms with Crippen molar-refractivity contribution < 1.29 is 27.4 Å². The van der Waals surface area contributed by atoms with Gasteiger partial charge in [0.1, 0.15) is 0 Å². The van der Waals surface area contributed by atoms with Gasteiger partial charge in [0.15, 0.2) is 11.5 Å². The van der Waals surface area contributed by atoms with E-state index >= 15 is 0 Å². The van der Waals surface area contributed by atoms with Gasteiger partial charge in [-0.15, -0.1) is 0 Å². The van der Waals surface area contributed by atoms with Crippen molar-refractivity contribution in [3.63, 3.8) is 0 Å². The Bertz CT molecular complexity index is 748. The lowest BCUT2D eigenvalue weighted by molar-refractivity contribution is -0.136. The number of alkyl halides is 3. The summed E-state index contributed by atoms with van der Waals surface area (Å²) in [6.07, 6.45) is -4.56. The summed E-state index contributed by atoms with van der Waals surface area (Å²) in [5.74, 6) is 0.936. The van der Waals surface area contributed by atoms with Gasteiger partial charge in [0.2, 0.25) is 0 Å². The van der Waals surface area contributed by atoms with Gasteiger partial charge >= 0.3 is 12.2 Å². The molecule has 0 saturated heterocycles. The fourth-order valence-electron chi connectivity index (χ4n) is 2.27. The Morgan fingerprint density at radius 2 is 1.76 bits per heavy atom. The van der Waals surface area contributed by atoms with Gasteiger partial charge in [0.25, 0.3) is 0 Å². The highest BCUT2D eigenvalue weighted by molar-refractivity contribution is 5.90. The summed E-state index contributed by atoms with van der Waals surface area (Å²) in [5, 5.41) is 4.71. The molecule has 0 aromatic heterocycles. The molecule has 5 nitrogen and oxygen atoms in total. The molecule has 0 aliphatic rings. The molecule has 0 atom stereocenters. The van der Waals surface area contributed by atoms with Crippen LogP contribution < -0.4 is 20.1 Å². The first kappa shape index (κ1) is 18.4. The number of methoxy groups -OCH3 is 2. The van der Waals surface area contributed by atoms with E-state index in [0.29, 0.717) is 17.1 Å². The van der Waals surface area contributed by atoms with Crippen LogP contribution in [0.25, 0.3) is 0 Å². The fraction of sp³-hybridized carbons (Fsp3) is 0.235. The second kappa shape index (κ2) is 7.78. The van der Waals surface area contributed by atoms with Crippen molar-refractivity contribution in [2.45, 2.75) is 12.7 Å². The zero-order chi connectivity index (χ0) is 18.4. The molecule has 134 valence electrons. The smallest absolute Gasteiger partial charge is 0.418 e. The second-order valence-electron chi connectivity index (χ2n) is 5.00. The number of halogens is 3. The maximum Gasteiger partial charge on any atom is 0.418 e. The van der Waals surface area contributed by atoms with Crippen LogP contribution in [0.5, 0.6) is 11.5 Å². The number of urea groups is 1. The minimum absolute atomic E-state index is 0.0559. The van der Waals surface area contributed by atoms with E-state index in [1.54, 1.807) is 18.2 Å². The standard InChI is InChI=1S/C17H17F3N2O3/c1-24-14-9-5-6-11(15(14)25-2)10-21-16(23)22-13-8-4-3-7-12(13)17(18,19)20/h3-9H,10H2,1-2H3,(H2,21,22,23). The average molecular weight is 354 g/mol. The average Bonchev–Trinajstić information content (AvgIpc) is 2.59. The van der Waals surface area contributed by atoms with Crippen molar-refractivity contribution in [1.82, 2.24) is 5.32 Å². The van der Waals surface area contributed by atoms with E-state index in [1.165, 1.54) is 32.4 Å². The Kier molecular flexibility index (Phi) is 5.74. The van der Waals surface area contributed by atoms with Gasteiger partial charge in [0, 0.05) is 12.1 Å². The number of hydrogen-bond acceptors (Lipinski definition) is 3. The molecule has 2 N–H and O–H groups in total. The lowest BCUT2D eigenvalue weighted by Crippen LogP contribution is -2.29. The molecule has 0 unspecified atom stereocenters. The van der Waals surface area contributed by atoms with Crippen molar-refractivity contribution in [2.24, 2.45) is 0 Å². The van der Waals surface area contributed by atoms with E-state index in [4.69, 9.17) is 9.47 Å². The maximum atomic E-state index is 12.9. The van der Waals surface area contributed by atoms with E-state index < -0.39 is 17.8 Å². The number of hydrogen-bond donors (Lipinski definition) is 2. The number of nitrogens with one attached hydrogen (secondary N) is 2. The largest absolute Gasteiger partial charge is 0.493 e. The van der Waals surface area contributed by atoms with Crippen LogP contribution in [0.15, 0.2) is 42.5 Å². The summed E-state index contributed by atoms with van der Waals surface area (Å²) in [6, 6.07) is 9.13. The zero-order valence-electron chi connectivity index (χ0n) is 13.6. The van der Waals surface area contributed by atoms with Crippen LogP contribution >= 0.6 is 0 Å². The molecule has 0 bridgehead atoms. The minimum Gasteiger partial charge on any atom is -0.493 e. The quantitative estimate of drug-likeness (QED) is 0.852. The van der Waals surface area contributed by atoms with Gasteiger partial charge in [-0.25, -0.2) is 4.79 Å². The fourth-order valence-corrected chi connectivity index (χ4v) is 2.27. The molecule has 0 radical (unpaired) electrons. The van der Waals surface area contributed by atoms with Crippen LogP contribution in [0.2, 0.25) is 0 Å². The highest BCUT2D eigenvalue weighted by Crippen LogP contribution is 2.34. The van der Waals surface area contributed by atoms with E-state index in [1.807, 2.05) is 0 Å². The molecule has 0 spiro atoms. The van der Waals surface area contributed by atoms with Crippen LogP contribution in [0, 0.1) is 0 Å². The molecule has 2 amide bonds. The van der Waals surface area contributed by atoms with Gasteiger partial charge in [-0.1, -0.05) is 24.3 Å². The van der Waals surface area contributed by atoms with Crippen molar-refractivity contribution in [1.29, 1.82) is 0 Å². The lowest BCUT2D eigenvalue weighted by atomic mass is 10.1. The van der Waals surface area contributed by atoms with Gasteiger partial charge in [0.05, 0.1) is 25.5 Å². The Morgan fingerprint density at radius 1 is 1.04 bits per heavy atom. The second-order valence-corrected chi connectivity index (χ2v) is 5.00. The number of carbonyl (C=O) groups excluding carboxylic acids is 1. The van der Waals surface area contributed by atoms with Gasteiger partial charge in [-0.2, -0.15) is 13.2 Å². The molecule has 2 aromatic rings. The van der Waals surface area contributed by atoms with E-state index in [0.717, 1.165) is 6.07 Å². The van der Waals surface area contributed by atoms with Gasteiger partial charge < -0.3 is 20.1 Å². The molecule has 0 fully saturated rings. The Morgan fingerprint density at radius 3 is 2.40 bits per heavy atom. The minimum atomic E-state index is -4.56. The molecule has 2 aromatic carbocycles. The number of amides is 2. The normalized spacial score (nSPS) is 10.9. The Hall–Kier alpha value is -2.90. The third-order valence-corrected chi connectivity index (χ3v) is 3.40. The first-order valence-electron chi connectivity index (χ1n) is 7.27. The number of para-hydroxylation sites is 2. The predicted octanol–water partition coefficient (Wildman–Crippen LogP) is 4.04. The third kappa shape index (κ3) is 4.56. The molecular formula is C17H17F3N2O3. The maximum absolute atomic E-state index is 12.9. The first-order valence-corrected chi connectivity index (χ1v) is 7.27. The van der Waals surface area contributed by atoms with E-state index in [9.17, 15) is 18.0 Å². The van der Waals surface area contributed by atoms with Crippen molar-refractivity contribution in [3.8, 4) is 11.5 Å². The summed E-state index contributed by atoms with van der Waals surface area (Å²) in [5.41, 5.74) is -0.602. The summed E-state index contributed by atoms with van der Waals surface area (Å²) in [6.45, 7) is 0.0559. The summed E-state index contributed by atoms with van der Waals surface area (Å²) in [7, 11) is 2.94. The van der Waals surface area contributed by atoms with Crippen molar-refractivity contribution in [2.75, 3.05) is 19.5 Å². The SMILES string of the molecule is COc1cccc(CNC(=O)Nc2ccccc2C(F)(F)F)c1OC. The lowest BCUT2D eigenvalue weighted by Gasteiger charge is -2.15. The van der Waals surface area contributed by atoms with Crippen LogP contribution in [-0.2, 0) is 12.7 Å². The Labute approximate surface area is 142 Å².